The summed E-state index contributed by atoms with van der Waals surface area (Å²) in [5, 5.41) is 9.63. The Kier molecular flexibility index (Phi) is 6.43. The van der Waals surface area contributed by atoms with Crippen molar-refractivity contribution in [2.45, 2.75) is 70.6 Å². The van der Waals surface area contributed by atoms with Crippen molar-refractivity contribution in [1.82, 2.24) is 14.7 Å². The lowest BCUT2D eigenvalue weighted by Gasteiger charge is -2.46. The zero-order valence-electron chi connectivity index (χ0n) is 17.1. The van der Waals surface area contributed by atoms with E-state index in [0.29, 0.717) is 6.04 Å². The summed E-state index contributed by atoms with van der Waals surface area (Å²) in [6, 6.07) is 11.5. The molecule has 2 saturated heterocycles. The second-order valence-corrected chi connectivity index (χ2v) is 9.08. The van der Waals surface area contributed by atoms with Crippen LogP contribution in [0.2, 0.25) is 0 Å². The third kappa shape index (κ3) is 5.23. The van der Waals surface area contributed by atoms with Gasteiger partial charge in [-0.3, -0.25) is 4.90 Å². The number of hydrogen-bond acceptors (Lipinski definition) is 3. The molecule has 1 aromatic rings. The summed E-state index contributed by atoms with van der Waals surface area (Å²) in [4.78, 5) is 18.6. The molecule has 150 valence electrons. The van der Waals surface area contributed by atoms with Gasteiger partial charge in [0.1, 0.15) is 0 Å². The van der Waals surface area contributed by atoms with E-state index in [2.05, 4.69) is 40.1 Å². The molecule has 0 unspecified atom stereocenters. The normalized spacial score (nSPS) is 21.3. The van der Waals surface area contributed by atoms with Gasteiger partial charge in [-0.25, -0.2) is 4.79 Å². The Bertz CT molecular complexity index is 598. The number of carboxylic acid groups (broad SMARTS) is 1. The summed E-state index contributed by atoms with van der Waals surface area (Å²) in [5.74, 6) is 0. The number of hydrogen-bond donors (Lipinski definition) is 1. The molecule has 2 heterocycles. The maximum atomic E-state index is 11.7. The average molecular weight is 374 g/mol. The number of rotatable bonds is 4. The van der Waals surface area contributed by atoms with Crippen molar-refractivity contribution < 1.29 is 9.90 Å². The molecule has 0 saturated carbocycles. The first-order valence-corrected chi connectivity index (χ1v) is 10.4. The SMILES string of the molecule is CC(C)(C)N(C(=O)O)C1CCN(C2CCN(Cc3ccccc3)CC2)CC1. The molecule has 3 rings (SSSR count). The molecule has 27 heavy (non-hydrogen) atoms. The van der Waals surface area contributed by atoms with Crippen molar-refractivity contribution in [2.24, 2.45) is 0 Å². The second-order valence-electron chi connectivity index (χ2n) is 9.08. The third-order valence-electron chi connectivity index (χ3n) is 6.12. The van der Waals surface area contributed by atoms with E-state index in [9.17, 15) is 9.90 Å². The van der Waals surface area contributed by atoms with Gasteiger partial charge in [-0.15, -0.1) is 0 Å². The summed E-state index contributed by atoms with van der Waals surface area (Å²) in [6.45, 7) is 11.4. The third-order valence-corrected chi connectivity index (χ3v) is 6.12. The molecule has 0 atom stereocenters. The van der Waals surface area contributed by atoms with E-state index in [0.717, 1.165) is 45.6 Å². The Hall–Kier alpha value is -1.59. The highest BCUT2D eigenvalue weighted by Gasteiger charge is 2.36. The molecule has 0 spiro atoms. The van der Waals surface area contributed by atoms with Crippen LogP contribution < -0.4 is 0 Å². The number of likely N-dealkylation sites (tertiary alicyclic amines) is 2. The molecule has 2 fully saturated rings. The van der Waals surface area contributed by atoms with E-state index < -0.39 is 6.09 Å². The van der Waals surface area contributed by atoms with Gasteiger partial charge in [-0.1, -0.05) is 30.3 Å². The molecule has 0 aliphatic carbocycles. The van der Waals surface area contributed by atoms with E-state index in [-0.39, 0.29) is 11.6 Å². The smallest absolute Gasteiger partial charge is 0.407 e. The van der Waals surface area contributed by atoms with Crippen LogP contribution >= 0.6 is 0 Å². The van der Waals surface area contributed by atoms with Gasteiger partial charge in [0.15, 0.2) is 0 Å². The Balaban J connectivity index is 1.46. The first-order valence-electron chi connectivity index (χ1n) is 10.4. The number of nitrogens with zero attached hydrogens (tertiary/aromatic N) is 3. The van der Waals surface area contributed by atoms with Crippen LogP contribution in [-0.2, 0) is 6.54 Å². The maximum absolute atomic E-state index is 11.7. The number of amides is 1. The molecule has 2 aliphatic rings. The molecule has 2 aliphatic heterocycles. The van der Waals surface area contributed by atoms with Gasteiger partial charge in [-0.2, -0.15) is 0 Å². The quantitative estimate of drug-likeness (QED) is 0.870. The van der Waals surface area contributed by atoms with Gasteiger partial charge >= 0.3 is 6.09 Å². The zero-order valence-corrected chi connectivity index (χ0v) is 17.1. The molecule has 0 bridgehead atoms. The lowest BCUT2D eigenvalue weighted by atomic mass is 9.94. The van der Waals surface area contributed by atoms with Crippen molar-refractivity contribution in [1.29, 1.82) is 0 Å². The first kappa shape index (κ1) is 20.2. The monoisotopic (exact) mass is 373 g/mol. The summed E-state index contributed by atoms with van der Waals surface area (Å²) in [6.07, 6.45) is 3.57. The van der Waals surface area contributed by atoms with Crippen molar-refractivity contribution in [2.75, 3.05) is 26.2 Å². The number of piperidine rings is 2. The van der Waals surface area contributed by atoms with E-state index >= 15 is 0 Å². The van der Waals surface area contributed by atoms with E-state index in [1.165, 1.54) is 18.4 Å². The van der Waals surface area contributed by atoms with Crippen LogP contribution in [0.25, 0.3) is 0 Å². The molecule has 0 aromatic heterocycles. The molecule has 1 amide bonds. The van der Waals surface area contributed by atoms with Crippen molar-refractivity contribution >= 4 is 6.09 Å². The van der Waals surface area contributed by atoms with Gasteiger partial charge in [-0.05, 0) is 65.1 Å². The highest BCUT2D eigenvalue weighted by Crippen LogP contribution is 2.27. The topological polar surface area (TPSA) is 47.0 Å². The van der Waals surface area contributed by atoms with E-state index in [4.69, 9.17) is 0 Å². The highest BCUT2D eigenvalue weighted by atomic mass is 16.4. The Morgan fingerprint density at radius 1 is 1.04 bits per heavy atom. The molecule has 5 heteroatoms. The van der Waals surface area contributed by atoms with Crippen molar-refractivity contribution in [3.8, 4) is 0 Å². The largest absolute Gasteiger partial charge is 0.465 e. The molecular formula is C22H35N3O2. The highest BCUT2D eigenvalue weighted by molar-refractivity contribution is 5.66. The summed E-state index contributed by atoms with van der Waals surface area (Å²) in [7, 11) is 0. The van der Waals surface area contributed by atoms with Crippen molar-refractivity contribution in [3.05, 3.63) is 35.9 Å². The van der Waals surface area contributed by atoms with Crippen LogP contribution in [-0.4, -0.2) is 69.7 Å². The molecule has 1 aromatic carbocycles. The Labute approximate surface area is 163 Å². The minimum Gasteiger partial charge on any atom is -0.465 e. The van der Waals surface area contributed by atoms with Crippen molar-refractivity contribution in [3.63, 3.8) is 0 Å². The molecule has 5 nitrogen and oxygen atoms in total. The molecular weight excluding hydrogens is 338 g/mol. The standard InChI is InChI=1S/C22H35N3O2/c1-22(2,3)25(21(26)27)20-11-15-24(16-12-20)19-9-13-23(14-10-19)17-18-7-5-4-6-8-18/h4-8,19-20H,9-17H2,1-3H3,(H,26,27). The van der Waals surface area contributed by atoms with Crippen LogP contribution in [0.4, 0.5) is 4.79 Å². The fourth-order valence-electron chi connectivity index (χ4n) is 4.78. The maximum Gasteiger partial charge on any atom is 0.407 e. The lowest BCUT2D eigenvalue weighted by Crippen LogP contribution is -2.56. The van der Waals surface area contributed by atoms with Crippen LogP contribution in [0, 0.1) is 0 Å². The fraction of sp³-hybridized carbons (Fsp3) is 0.682. The number of carbonyl (C=O) groups is 1. The summed E-state index contributed by atoms with van der Waals surface area (Å²) < 4.78 is 0. The Morgan fingerprint density at radius 2 is 1.63 bits per heavy atom. The molecule has 1 N–H and O–H groups in total. The fourth-order valence-corrected chi connectivity index (χ4v) is 4.78. The van der Waals surface area contributed by atoms with E-state index in [1.807, 2.05) is 20.8 Å². The first-order chi connectivity index (χ1) is 12.8. The number of benzene rings is 1. The van der Waals surface area contributed by atoms with Crippen LogP contribution in [0.5, 0.6) is 0 Å². The average Bonchev–Trinajstić information content (AvgIpc) is 2.62. The molecule has 0 radical (unpaired) electrons. The minimum absolute atomic E-state index is 0.150. The van der Waals surface area contributed by atoms with Gasteiger partial charge in [0.2, 0.25) is 0 Å². The minimum atomic E-state index is -0.782. The summed E-state index contributed by atoms with van der Waals surface area (Å²) in [5.41, 5.74) is 1.06. The predicted octanol–water partition coefficient (Wildman–Crippen LogP) is 3.89. The Morgan fingerprint density at radius 3 is 2.15 bits per heavy atom. The van der Waals surface area contributed by atoms with E-state index in [1.54, 1.807) is 4.90 Å². The lowest BCUT2D eigenvalue weighted by molar-refractivity contribution is 0.0230. The van der Waals surface area contributed by atoms with Crippen LogP contribution in [0.1, 0.15) is 52.0 Å². The second kappa shape index (κ2) is 8.61. The predicted molar refractivity (Wildman–Crippen MR) is 109 cm³/mol. The van der Waals surface area contributed by atoms with Crippen LogP contribution in [0.3, 0.4) is 0 Å². The van der Waals surface area contributed by atoms with Crippen LogP contribution in [0.15, 0.2) is 30.3 Å². The summed E-state index contributed by atoms with van der Waals surface area (Å²) >= 11 is 0. The van der Waals surface area contributed by atoms with Gasteiger partial charge in [0.25, 0.3) is 0 Å². The van der Waals surface area contributed by atoms with Gasteiger partial charge < -0.3 is 14.9 Å². The zero-order chi connectivity index (χ0) is 19.4. The van der Waals surface area contributed by atoms with Gasteiger partial charge in [0, 0.05) is 37.3 Å². The van der Waals surface area contributed by atoms with Gasteiger partial charge in [0.05, 0.1) is 0 Å².